The Hall–Kier alpha value is -0.0800. The van der Waals surface area contributed by atoms with Crippen LogP contribution in [0.1, 0.15) is 53.9 Å². The van der Waals surface area contributed by atoms with Crippen LogP contribution < -0.4 is 5.32 Å². The zero-order chi connectivity index (χ0) is 12.1. The molecule has 0 radical (unpaired) electrons. The first-order valence-electron chi connectivity index (χ1n) is 6.99. The molecule has 0 aromatic rings. The van der Waals surface area contributed by atoms with E-state index in [0.29, 0.717) is 12.1 Å². The molecule has 0 aromatic heterocycles. The first-order chi connectivity index (χ1) is 7.50. The van der Waals surface area contributed by atoms with Gasteiger partial charge in [0.05, 0.1) is 0 Å². The van der Waals surface area contributed by atoms with Gasteiger partial charge in [-0.1, -0.05) is 26.7 Å². The van der Waals surface area contributed by atoms with E-state index in [9.17, 15) is 0 Å². The predicted octanol–water partition coefficient (Wildman–Crippen LogP) is 2.88. The minimum Gasteiger partial charge on any atom is -0.311 e. The van der Waals surface area contributed by atoms with Crippen molar-refractivity contribution < 1.29 is 0 Å². The molecule has 0 saturated carbocycles. The van der Waals surface area contributed by atoms with Gasteiger partial charge in [0.25, 0.3) is 0 Å². The van der Waals surface area contributed by atoms with Crippen molar-refractivity contribution in [3.8, 4) is 0 Å². The second kappa shape index (κ2) is 6.61. The third kappa shape index (κ3) is 4.42. The average molecular weight is 226 g/mol. The minimum atomic E-state index is 0.656. The molecule has 1 aliphatic rings. The molecule has 2 nitrogen and oxygen atoms in total. The SMILES string of the molecule is CC(C)CCCC(C)N1CC(C)NCC1C. The van der Waals surface area contributed by atoms with Crippen molar-refractivity contribution in [1.82, 2.24) is 10.2 Å². The standard InChI is InChI=1S/C14H30N2/c1-11(2)7-6-8-13(4)16-10-12(3)15-9-14(16)5/h11-15H,6-10H2,1-5H3. The molecule has 16 heavy (non-hydrogen) atoms. The Bertz CT molecular complexity index is 191. The molecule has 3 unspecified atom stereocenters. The van der Waals surface area contributed by atoms with E-state index in [0.717, 1.165) is 18.5 Å². The lowest BCUT2D eigenvalue weighted by molar-refractivity contribution is 0.0968. The lowest BCUT2D eigenvalue weighted by atomic mass is 10.0. The molecule has 2 heteroatoms. The fraction of sp³-hybridized carbons (Fsp3) is 1.00. The Balaban J connectivity index is 2.30. The first kappa shape index (κ1) is 14.0. The molecule has 96 valence electrons. The number of piperazine rings is 1. The van der Waals surface area contributed by atoms with E-state index in [-0.39, 0.29) is 0 Å². The molecule has 1 N–H and O–H groups in total. The highest BCUT2D eigenvalue weighted by atomic mass is 15.2. The molecule has 1 aliphatic heterocycles. The van der Waals surface area contributed by atoms with E-state index in [1.165, 1.54) is 25.8 Å². The predicted molar refractivity (Wildman–Crippen MR) is 71.8 cm³/mol. The van der Waals surface area contributed by atoms with Crippen molar-refractivity contribution in [3.05, 3.63) is 0 Å². The van der Waals surface area contributed by atoms with E-state index < -0.39 is 0 Å². The number of nitrogens with one attached hydrogen (secondary N) is 1. The Morgan fingerprint density at radius 2 is 1.88 bits per heavy atom. The summed E-state index contributed by atoms with van der Waals surface area (Å²) in [6.07, 6.45) is 4.11. The van der Waals surface area contributed by atoms with Gasteiger partial charge in [-0.15, -0.1) is 0 Å². The van der Waals surface area contributed by atoms with Gasteiger partial charge >= 0.3 is 0 Å². The number of rotatable bonds is 5. The van der Waals surface area contributed by atoms with Crippen LogP contribution in [-0.2, 0) is 0 Å². The normalized spacial score (nSPS) is 29.6. The molecule has 0 spiro atoms. The highest BCUT2D eigenvalue weighted by Crippen LogP contribution is 2.17. The van der Waals surface area contributed by atoms with Gasteiger partial charge in [0.15, 0.2) is 0 Å². The fourth-order valence-corrected chi connectivity index (χ4v) is 2.65. The summed E-state index contributed by atoms with van der Waals surface area (Å²) < 4.78 is 0. The molecule has 1 fully saturated rings. The summed E-state index contributed by atoms with van der Waals surface area (Å²) in [5.41, 5.74) is 0. The second-order valence-electron chi connectivity index (χ2n) is 6.03. The number of hydrogen-bond acceptors (Lipinski definition) is 2. The van der Waals surface area contributed by atoms with Gasteiger partial charge in [-0.25, -0.2) is 0 Å². The van der Waals surface area contributed by atoms with Crippen LogP contribution in [0, 0.1) is 5.92 Å². The summed E-state index contributed by atoms with van der Waals surface area (Å²) in [5, 5.41) is 3.55. The maximum absolute atomic E-state index is 3.55. The van der Waals surface area contributed by atoms with E-state index in [4.69, 9.17) is 0 Å². The van der Waals surface area contributed by atoms with E-state index in [1.54, 1.807) is 0 Å². The maximum atomic E-state index is 3.55. The third-order valence-corrected chi connectivity index (χ3v) is 3.78. The Morgan fingerprint density at radius 3 is 2.50 bits per heavy atom. The van der Waals surface area contributed by atoms with Crippen molar-refractivity contribution in [2.45, 2.75) is 72.0 Å². The zero-order valence-corrected chi connectivity index (χ0v) is 11.8. The summed E-state index contributed by atoms with van der Waals surface area (Å²) in [6.45, 7) is 14.0. The first-order valence-corrected chi connectivity index (χ1v) is 6.99. The van der Waals surface area contributed by atoms with E-state index in [2.05, 4.69) is 44.8 Å². The van der Waals surface area contributed by atoms with Gasteiger partial charge < -0.3 is 5.32 Å². The van der Waals surface area contributed by atoms with E-state index in [1.807, 2.05) is 0 Å². The molecule has 3 atom stereocenters. The van der Waals surface area contributed by atoms with Crippen molar-refractivity contribution in [2.75, 3.05) is 13.1 Å². The third-order valence-electron chi connectivity index (χ3n) is 3.78. The molecule has 1 heterocycles. The monoisotopic (exact) mass is 226 g/mol. The van der Waals surface area contributed by atoms with Crippen LogP contribution in [-0.4, -0.2) is 36.1 Å². The van der Waals surface area contributed by atoms with Crippen molar-refractivity contribution in [2.24, 2.45) is 5.92 Å². The van der Waals surface area contributed by atoms with Crippen molar-refractivity contribution in [1.29, 1.82) is 0 Å². The summed E-state index contributed by atoms with van der Waals surface area (Å²) >= 11 is 0. The minimum absolute atomic E-state index is 0.656. The second-order valence-corrected chi connectivity index (χ2v) is 6.03. The maximum Gasteiger partial charge on any atom is 0.0195 e. The molecular formula is C14H30N2. The van der Waals surface area contributed by atoms with E-state index >= 15 is 0 Å². The quantitative estimate of drug-likeness (QED) is 0.775. The molecule has 0 aromatic carbocycles. The van der Waals surface area contributed by atoms with Crippen molar-refractivity contribution in [3.63, 3.8) is 0 Å². The summed E-state index contributed by atoms with van der Waals surface area (Å²) in [4.78, 5) is 2.68. The highest BCUT2D eigenvalue weighted by Gasteiger charge is 2.25. The van der Waals surface area contributed by atoms with Crippen molar-refractivity contribution >= 4 is 0 Å². The lowest BCUT2D eigenvalue weighted by Gasteiger charge is -2.41. The largest absolute Gasteiger partial charge is 0.311 e. The van der Waals surface area contributed by atoms with Gasteiger partial charge in [0.1, 0.15) is 0 Å². The highest BCUT2D eigenvalue weighted by molar-refractivity contribution is 4.84. The van der Waals surface area contributed by atoms with Crippen LogP contribution in [0.2, 0.25) is 0 Å². The Morgan fingerprint density at radius 1 is 1.19 bits per heavy atom. The molecule has 1 rings (SSSR count). The van der Waals surface area contributed by atoms with Crippen LogP contribution in [0.25, 0.3) is 0 Å². The molecule has 0 bridgehead atoms. The average Bonchev–Trinajstić information content (AvgIpc) is 2.21. The molecule has 0 aliphatic carbocycles. The summed E-state index contributed by atoms with van der Waals surface area (Å²) in [6, 6.07) is 2.10. The Kier molecular flexibility index (Phi) is 5.77. The fourth-order valence-electron chi connectivity index (χ4n) is 2.65. The van der Waals surface area contributed by atoms with Crippen LogP contribution in [0.4, 0.5) is 0 Å². The van der Waals surface area contributed by atoms with Crippen LogP contribution in [0.15, 0.2) is 0 Å². The summed E-state index contributed by atoms with van der Waals surface area (Å²) in [7, 11) is 0. The molecular weight excluding hydrogens is 196 g/mol. The lowest BCUT2D eigenvalue weighted by Crippen LogP contribution is -2.56. The van der Waals surface area contributed by atoms with Gasteiger partial charge in [-0.2, -0.15) is 0 Å². The van der Waals surface area contributed by atoms with Gasteiger partial charge in [0.2, 0.25) is 0 Å². The summed E-state index contributed by atoms with van der Waals surface area (Å²) in [5.74, 6) is 0.853. The molecule has 1 saturated heterocycles. The van der Waals surface area contributed by atoms with Crippen LogP contribution >= 0.6 is 0 Å². The smallest absolute Gasteiger partial charge is 0.0195 e. The zero-order valence-electron chi connectivity index (χ0n) is 11.8. The van der Waals surface area contributed by atoms with Crippen LogP contribution in [0.3, 0.4) is 0 Å². The topological polar surface area (TPSA) is 15.3 Å². The van der Waals surface area contributed by atoms with Gasteiger partial charge in [-0.3, -0.25) is 4.90 Å². The Labute approximate surface area is 102 Å². The van der Waals surface area contributed by atoms with Gasteiger partial charge in [-0.05, 0) is 33.1 Å². The van der Waals surface area contributed by atoms with Gasteiger partial charge in [0, 0.05) is 31.2 Å². The number of hydrogen-bond donors (Lipinski definition) is 1. The number of nitrogens with zero attached hydrogens (tertiary/aromatic N) is 1. The van der Waals surface area contributed by atoms with Crippen LogP contribution in [0.5, 0.6) is 0 Å². The molecule has 0 amide bonds.